The summed E-state index contributed by atoms with van der Waals surface area (Å²) in [4.78, 5) is 32.4. The Morgan fingerprint density at radius 2 is 1.94 bits per heavy atom. The number of hydrogen-bond donors (Lipinski definition) is 1. The van der Waals surface area contributed by atoms with Crippen molar-refractivity contribution >= 4 is 22.7 Å². The molecule has 1 aromatic carbocycles. The van der Waals surface area contributed by atoms with Crippen LogP contribution >= 0.6 is 0 Å². The minimum Gasteiger partial charge on any atom is -0.360 e. The SMILES string of the molecule is CC(C)NC(=O)c1cc([C@@H]2CCN(C(=O)c3cc(C4CC4)on3)C2)nc2ccccc12. The van der Waals surface area contributed by atoms with Gasteiger partial charge in [-0.05, 0) is 45.2 Å². The number of hydrogen-bond acceptors (Lipinski definition) is 5. The van der Waals surface area contributed by atoms with E-state index in [1.165, 1.54) is 0 Å². The van der Waals surface area contributed by atoms with Crippen LogP contribution in [0.1, 0.15) is 77.2 Å². The molecule has 1 saturated carbocycles. The summed E-state index contributed by atoms with van der Waals surface area (Å²) in [6.45, 7) is 5.08. The van der Waals surface area contributed by atoms with E-state index in [-0.39, 0.29) is 23.8 Å². The number of aromatic nitrogens is 2. The predicted molar refractivity (Wildman–Crippen MR) is 116 cm³/mol. The van der Waals surface area contributed by atoms with Crippen LogP contribution in [-0.2, 0) is 0 Å². The third-order valence-electron chi connectivity index (χ3n) is 6.02. The van der Waals surface area contributed by atoms with Crippen molar-refractivity contribution in [3.8, 4) is 0 Å². The Bertz CT molecular complexity index is 1150. The molecule has 0 radical (unpaired) electrons. The molecular weight excluding hydrogens is 392 g/mol. The molecular formula is C24H26N4O3. The van der Waals surface area contributed by atoms with Gasteiger partial charge in [0.25, 0.3) is 11.8 Å². The summed E-state index contributed by atoms with van der Waals surface area (Å²) in [5.41, 5.74) is 2.65. The van der Waals surface area contributed by atoms with E-state index in [4.69, 9.17) is 9.51 Å². The molecule has 0 bridgehead atoms. The van der Waals surface area contributed by atoms with Gasteiger partial charge in [-0.2, -0.15) is 0 Å². The Kier molecular flexibility index (Phi) is 4.96. The fraction of sp³-hybridized carbons (Fsp3) is 0.417. The standard InChI is InChI=1S/C24H26N4O3/c1-14(2)25-23(29)18-11-20(26-19-6-4-3-5-17(18)19)16-9-10-28(13-16)24(30)21-12-22(31-27-21)15-7-8-15/h3-6,11-12,14-16H,7-10,13H2,1-2H3,(H,25,29)/t16-/m1/s1. The van der Waals surface area contributed by atoms with E-state index in [1.54, 1.807) is 6.07 Å². The van der Waals surface area contributed by atoms with Crippen molar-refractivity contribution in [3.63, 3.8) is 0 Å². The summed E-state index contributed by atoms with van der Waals surface area (Å²) in [7, 11) is 0. The second-order valence-electron chi connectivity index (χ2n) is 8.87. The van der Waals surface area contributed by atoms with Crippen LogP contribution in [0.15, 0.2) is 40.9 Å². The van der Waals surface area contributed by atoms with E-state index >= 15 is 0 Å². The van der Waals surface area contributed by atoms with Crippen molar-refractivity contribution in [2.75, 3.05) is 13.1 Å². The number of rotatable bonds is 5. The number of para-hydroxylation sites is 1. The Hall–Kier alpha value is -3.22. The summed E-state index contributed by atoms with van der Waals surface area (Å²) < 4.78 is 5.35. The first-order chi connectivity index (χ1) is 15.0. The molecule has 2 fully saturated rings. The quantitative estimate of drug-likeness (QED) is 0.680. The van der Waals surface area contributed by atoms with Crippen molar-refractivity contribution in [2.45, 2.75) is 51.0 Å². The summed E-state index contributed by atoms with van der Waals surface area (Å²) in [5, 5.41) is 7.81. The zero-order valence-corrected chi connectivity index (χ0v) is 17.8. The molecule has 7 heteroatoms. The number of benzene rings is 1. The van der Waals surface area contributed by atoms with Gasteiger partial charge < -0.3 is 14.7 Å². The fourth-order valence-corrected chi connectivity index (χ4v) is 4.23. The zero-order chi connectivity index (χ0) is 21.5. The summed E-state index contributed by atoms with van der Waals surface area (Å²) in [5.74, 6) is 1.12. The first-order valence-electron chi connectivity index (χ1n) is 11.0. The third-order valence-corrected chi connectivity index (χ3v) is 6.02. The first kappa shape index (κ1) is 19.7. The Balaban J connectivity index is 1.39. The molecule has 31 heavy (non-hydrogen) atoms. The van der Waals surface area contributed by atoms with Crippen LogP contribution in [-0.4, -0.2) is 46.0 Å². The number of nitrogens with one attached hydrogen (secondary N) is 1. The molecule has 0 unspecified atom stereocenters. The van der Waals surface area contributed by atoms with E-state index < -0.39 is 0 Å². The Labute approximate surface area is 180 Å². The molecule has 2 aromatic heterocycles. The van der Waals surface area contributed by atoms with E-state index in [0.29, 0.717) is 30.3 Å². The van der Waals surface area contributed by atoms with Gasteiger partial charge in [-0.3, -0.25) is 14.6 Å². The molecule has 1 atom stereocenters. The topological polar surface area (TPSA) is 88.3 Å². The van der Waals surface area contributed by atoms with Gasteiger partial charge in [-0.15, -0.1) is 0 Å². The largest absolute Gasteiger partial charge is 0.360 e. The maximum Gasteiger partial charge on any atom is 0.276 e. The highest BCUT2D eigenvalue weighted by Gasteiger charge is 2.33. The first-order valence-corrected chi connectivity index (χ1v) is 11.0. The summed E-state index contributed by atoms with van der Waals surface area (Å²) in [6.07, 6.45) is 3.01. The van der Waals surface area contributed by atoms with Crippen molar-refractivity contribution < 1.29 is 14.1 Å². The fourth-order valence-electron chi connectivity index (χ4n) is 4.23. The lowest BCUT2D eigenvalue weighted by Gasteiger charge is -2.16. The van der Waals surface area contributed by atoms with Gasteiger partial charge in [0.2, 0.25) is 0 Å². The lowest BCUT2D eigenvalue weighted by atomic mass is 9.99. The van der Waals surface area contributed by atoms with Gasteiger partial charge in [0.05, 0.1) is 11.1 Å². The minimum absolute atomic E-state index is 0.0467. The highest BCUT2D eigenvalue weighted by Crippen LogP contribution is 2.40. The number of likely N-dealkylation sites (tertiary alicyclic amines) is 1. The maximum absolute atomic E-state index is 12.9. The number of pyridine rings is 1. The van der Waals surface area contributed by atoms with Gasteiger partial charge in [0.1, 0.15) is 5.76 Å². The van der Waals surface area contributed by atoms with Crippen LogP contribution < -0.4 is 5.32 Å². The van der Waals surface area contributed by atoms with E-state index in [2.05, 4.69) is 10.5 Å². The summed E-state index contributed by atoms with van der Waals surface area (Å²) in [6, 6.07) is 11.4. The van der Waals surface area contributed by atoms with Gasteiger partial charge in [-0.1, -0.05) is 23.4 Å². The number of fused-ring (bicyclic) bond motifs is 1. The second kappa shape index (κ2) is 7.80. The molecule has 2 aliphatic rings. The van der Waals surface area contributed by atoms with Crippen LogP contribution in [0.25, 0.3) is 10.9 Å². The van der Waals surface area contributed by atoms with Gasteiger partial charge in [0.15, 0.2) is 5.69 Å². The molecule has 1 saturated heterocycles. The summed E-state index contributed by atoms with van der Waals surface area (Å²) >= 11 is 0. The minimum atomic E-state index is -0.101. The number of amides is 2. The van der Waals surface area contributed by atoms with Crippen LogP contribution in [0, 0.1) is 0 Å². The lowest BCUT2D eigenvalue weighted by Crippen LogP contribution is -2.30. The maximum atomic E-state index is 12.9. The van der Waals surface area contributed by atoms with E-state index in [0.717, 1.165) is 41.6 Å². The highest BCUT2D eigenvalue weighted by molar-refractivity contribution is 6.06. The number of carbonyl (C=O) groups excluding carboxylic acids is 2. The lowest BCUT2D eigenvalue weighted by molar-refractivity contribution is 0.0779. The molecule has 5 rings (SSSR count). The second-order valence-corrected chi connectivity index (χ2v) is 8.87. The van der Waals surface area contributed by atoms with Crippen LogP contribution in [0.4, 0.5) is 0 Å². The molecule has 0 spiro atoms. The molecule has 160 valence electrons. The van der Waals surface area contributed by atoms with Crippen molar-refractivity contribution in [2.24, 2.45) is 0 Å². The van der Waals surface area contributed by atoms with Gasteiger partial charge >= 0.3 is 0 Å². The van der Waals surface area contributed by atoms with E-state index in [1.807, 2.05) is 49.1 Å². The normalized spacial score (nSPS) is 18.7. The Morgan fingerprint density at radius 3 is 2.71 bits per heavy atom. The molecule has 3 heterocycles. The average Bonchev–Trinajstić information content (AvgIpc) is 3.28. The molecule has 1 aliphatic heterocycles. The molecule has 1 aliphatic carbocycles. The van der Waals surface area contributed by atoms with E-state index in [9.17, 15) is 9.59 Å². The van der Waals surface area contributed by atoms with Gasteiger partial charge in [-0.25, -0.2) is 0 Å². The van der Waals surface area contributed by atoms with Crippen molar-refractivity contribution in [1.29, 1.82) is 0 Å². The average molecular weight is 418 g/mol. The highest BCUT2D eigenvalue weighted by atomic mass is 16.5. The van der Waals surface area contributed by atoms with Crippen molar-refractivity contribution in [3.05, 3.63) is 59.1 Å². The van der Waals surface area contributed by atoms with Crippen LogP contribution in [0.5, 0.6) is 0 Å². The van der Waals surface area contributed by atoms with Crippen LogP contribution in [0.2, 0.25) is 0 Å². The zero-order valence-electron chi connectivity index (χ0n) is 17.8. The van der Waals surface area contributed by atoms with Gasteiger partial charge in [0, 0.05) is 48.1 Å². The molecule has 2 amide bonds. The molecule has 7 nitrogen and oxygen atoms in total. The number of nitrogens with zero attached hydrogens (tertiary/aromatic N) is 3. The molecule has 1 N–H and O–H groups in total. The predicted octanol–water partition coefficient (Wildman–Crippen LogP) is 3.87. The smallest absolute Gasteiger partial charge is 0.276 e. The van der Waals surface area contributed by atoms with Crippen molar-refractivity contribution in [1.82, 2.24) is 20.4 Å². The number of carbonyl (C=O) groups is 2. The monoisotopic (exact) mass is 418 g/mol. The third kappa shape index (κ3) is 3.92. The Morgan fingerprint density at radius 1 is 1.13 bits per heavy atom. The molecule has 3 aromatic rings. The van der Waals surface area contributed by atoms with Crippen LogP contribution in [0.3, 0.4) is 0 Å².